The number of hydrogen-bond donors (Lipinski definition) is 1. The van der Waals surface area contributed by atoms with Crippen LogP contribution in [0.15, 0.2) is 46.5 Å². The van der Waals surface area contributed by atoms with Gasteiger partial charge in [-0.25, -0.2) is 9.67 Å². The number of thioether (sulfide) groups is 1. The molecule has 3 heterocycles. The summed E-state index contributed by atoms with van der Waals surface area (Å²) in [4.78, 5) is 30.0. The lowest BCUT2D eigenvalue weighted by Gasteiger charge is -2.13. The highest BCUT2D eigenvalue weighted by atomic mass is 32.2. The summed E-state index contributed by atoms with van der Waals surface area (Å²) in [6.07, 6.45) is 5.08. The predicted molar refractivity (Wildman–Crippen MR) is 110 cm³/mol. The van der Waals surface area contributed by atoms with Crippen molar-refractivity contribution >= 4 is 28.7 Å². The van der Waals surface area contributed by atoms with Gasteiger partial charge in [0.05, 0.1) is 17.9 Å². The summed E-state index contributed by atoms with van der Waals surface area (Å²) in [6.45, 7) is 2.82. The minimum atomic E-state index is -0.171. The van der Waals surface area contributed by atoms with Crippen LogP contribution in [0.1, 0.15) is 38.6 Å². The number of nitrogens with zero attached hydrogens (tertiary/aromatic N) is 4. The molecule has 1 N–H and O–H groups in total. The van der Waals surface area contributed by atoms with Gasteiger partial charge in [0.2, 0.25) is 5.91 Å². The number of nitrogens with one attached hydrogen (secondary N) is 1. The summed E-state index contributed by atoms with van der Waals surface area (Å²) in [7, 11) is 0. The molecule has 28 heavy (non-hydrogen) atoms. The van der Waals surface area contributed by atoms with Crippen LogP contribution >= 0.6 is 11.8 Å². The molecule has 0 bridgehead atoms. The van der Waals surface area contributed by atoms with Gasteiger partial charge in [0.25, 0.3) is 5.56 Å². The van der Waals surface area contributed by atoms with E-state index in [0.29, 0.717) is 34.9 Å². The molecule has 0 spiro atoms. The summed E-state index contributed by atoms with van der Waals surface area (Å²) < 4.78 is 3.35. The second-order valence-electron chi connectivity index (χ2n) is 6.92. The highest BCUT2D eigenvalue weighted by Gasteiger charge is 2.29. The zero-order valence-corrected chi connectivity index (χ0v) is 16.6. The minimum absolute atomic E-state index is 0.0125. The summed E-state index contributed by atoms with van der Waals surface area (Å²) in [6, 6.07) is 9.47. The van der Waals surface area contributed by atoms with E-state index in [1.54, 1.807) is 15.4 Å². The van der Waals surface area contributed by atoms with Gasteiger partial charge >= 0.3 is 0 Å². The second-order valence-corrected chi connectivity index (χ2v) is 7.91. The number of fused-ring (bicyclic) bond motifs is 2. The second kappa shape index (κ2) is 8.18. The molecule has 4 rings (SSSR count). The van der Waals surface area contributed by atoms with E-state index in [-0.39, 0.29) is 17.5 Å². The number of amides is 1. The molecule has 2 aromatic heterocycles. The molecule has 0 saturated heterocycles. The van der Waals surface area contributed by atoms with Crippen molar-refractivity contribution in [2.45, 2.75) is 43.8 Å². The zero-order chi connectivity index (χ0) is 19.5. The smallest absolute Gasteiger partial charge is 0.265 e. The number of unbranched alkanes of at least 4 members (excludes halogenated alkanes) is 2. The Hall–Kier alpha value is -2.61. The monoisotopic (exact) mass is 397 g/mol. The Labute approximate surface area is 167 Å². The van der Waals surface area contributed by atoms with Gasteiger partial charge in [-0.15, -0.1) is 0 Å². The van der Waals surface area contributed by atoms with Gasteiger partial charge in [0.15, 0.2) is 10.8 Å². The van der Waals surface area contributed by atoms with Gasteiger partial charge in [0, 0.05) is 18.7 Å². The van der Waals surface area contributed by atoms with Crippen molar-refractivity contribution in [3.8, 4) is 5.69 Å². The minimum Gasteiger partial charge on any atom is -0.356 e. The summed E-state index contributed by atoms with van der Waals surface area (Å²) in [5, 5.41) is 8.45. The number of rotatable bonds is 7. The maximum absolute atomic E-state index is 13.1. The topological polar surface area (TPSA) is 81.8 Å². The van der Waals surface area contributed by atoms with Crippen LogP contribution in [0.25, 0.3) is 16.7 Å². The van der Waals surface area contributed by atoms with E-state index >= 15 is 0 Å². The molecule has 1 atom stereocenters. The lowest BCUT2D eigenvalue weighted by Crippen LogP contribution is -2.31. The lowest BCUT2D eigenvalue weighted by molar-refractivity contribution is -0.121. The fourth-order valence-corrected chi connectivity index (χ4v) is 4.56. The third-order valence-corrected chi connectivity index (χ3v) is 5.99. The Morgan fingerprint density at radius 3 is 2.89 bits per heavy atom. The number of carbonyl (C=O) groups is 1. The molecule has 1 unspecified atom stereocenters. The molecule has 0 saturated carbocycles. The van der Waals surface area contributed by atoms with Gasteiger partial charge in [-0.3, -0.25) is 14.2 Å². The fraction of sp³-hybridized carbons (Fsp3) is 0.400. The molecule has 3 aromatic rings. The average molecular weight is 398 g/mol. The predicted octanol–water partition coefficient (Wildman–Crippen LogP) is 2.93. The van der Waals surface area contributed by atoms with Crippen molar-refractivity contribution in [2.75, 3.05) is 12.3 Å². The van der Waals surface area contributed by atoms with Crippen LogP contribution in [0.3, 0.4) is 0 Å². The summed E-state index contributed by atoms with van der Waals surface area (Å²) in [5.74, 6) is 0.664. The molecule has 1 amide bonds. The van der Waals surface area contributed by atoms with Crippen molar-refractivity contribution in [3.63, 3.8) is 0 Å². The first kappa shape index (κ1) is 18.7. The Balaban J connectivity index is 1.59. The SMILES string of the molecule is CCCCCNC(=O)CC1CSc2nc3c(cnn3-c3ccccc3)c(=O)n21. The quantitative estimate of drug-likeness (QED) is 0.490. The molecule has 8 heteroatoms. The van der Waals surface area contributed by atoms with E-state index < -0.39 is 0 Å². The first-order chi connectivity index (χ1) is 13.7. The van der Waals surface area contributed by atoms with Crippen LogP contribution in [0, 0.1) is 0 Å². The highest BCUT2D eigenvalue weighted by molar-refractivity contribution is 7.99. The molecular weight excluding hydrogens is 374 g/mol. The van der Waals surface area contributed by atoms with Gasteiger partial charge < -0.3 is 5.32 Å². The van der Waals surface area contributed by atoms with Gasteiger partial charge in [-0.1, -0.05) is 49.7 Å². The number of hydrogen-bond acceptors (Lipinski definition) is 5. The Bertz CT molecular complexity index is 1040. The number of carbonyl (C=O) groups excluding carboxylic acids is 1. The summed E-state index contributed by atoms with van der Waals surface area (Å²) in [5.41, 5.74) is 1.29. The third kappa shape index (κ3) is 3.56. The van der Waals surface area contributed by atoms with E-state index in [0.717, 1.165) is 24.9 Å². The van der Waals surface area contributed by atoms with Crippen LogP contribution in [0.5, 0.6) is 0 Å². The van der Waals surface area contributed by atoms with Crippen LogP contribution < -0.4 is 10.9 Å². The largest absolute Gasteiger partial charge is 0.356 e. The number of para-hydroxylation sites is 1. The van der Waals surface area contributed by atoms with Gasteiger partial charge in [0.1, 0.15) is 5.39 Å². The summed E-state index contributed by atoms with van der Waals surface area (Å²) >= 11 is 1.52. The fourth-order valence-electron chi connectivity index (χ4n) is 3.43. The molecule has 1 aromatic carbocycles. The van der Waals surface area contributed by atoms with Gasteiger partial charge in [-0.2, -0.15) is 5.10 Å². The average Bonchev–Trinajstić information content (AvgIpc) is 3.31. The van der Waals surface area contributed by atoms with Crippen molar-refractivity contribution in [3.05, 3.63) is 46.9 Å². The van der Waals surface area contributed by atoms with Crippen molar-refractivity contribution in [2.24, 2.45) is 0 Å². The maximum Gasteiger partial charge on any atom is 0.265 e. The van der Waals surface area contributed by atoms with Crippen molar-refractivity contribution < 1.29 is 4.79 Å². The number of aromatic nitrogens is 4. The molecular formula is C20H23N5O2S. The van der Waals surface area contributed by atoms with E-state index in [9.17, 15) is 9.59 Å². The van der Waals surface area contributed by atoms with E-state index in [1.165, 1.54) is 11.8 Å². The lowest BCUT2D eigenvalue weighted by atomic mass is 10.2. The Morgan fingerprint density at radius 2 is 2.11 bits per heavy atom. The van der Waals surface area contributed by atoms with Gasteiger partial charge in [-0.05, 0) is 18.6 Å². The molecule has 1 aliphatic rings. The van der Waals surface area contributed by atoms with Crippen LogP contribution in [0.4, 0.5) is 0 Å². The molecule has 1 aliphatic heterocycles. The van der Waals surface area contributed by atoms with Crippen LogP contribution in [-0.4, -0.2) is 37.5 Å². The Morgan fingerprint density at radius 1 is 1.29 bits per heavy atom. The van der Waals surface area contributed by atoms with Crippen LogP contribution in [0.2, 0.25) is 0 Å². The standard InChI is InChI=1S/C20H23N5O2S/c1-2-3-7-10-21-17(26)11-15-13-28-20-23-18-16(19(27)24(15)20)12-22-25(18)14-8-5-4-6-9-14/h4-6,8-9,12,15H,2-3,7,10-11,13H2,1H3,(H,21,26). The van der Waals surface area contributed by atoms with E-state index in [4.69, 9.17) is 4.98 Å². The normalized spacial score (nSPS) is 15.7. The van der Waals surface area contributed by atoms with E-state index in [2.05, 4.69) is 17.3 Å². The maximum atomic E-state index is 13.1. The molecule has 0 radical (unpaired) electrons. The molecule has 0 fully saturated rings. The first-order valence-corrected chi connectivity index (χ1v) is 10.6. The molecule has 7 nitrogen and oxygen atoms in total. The highest BCUT2D eigenvalue weighted by Crippen LogP contribution is 2.33. The van der Waals surface area contributed by atoms with E-state index in [1.807, 2.05) is 30.3 Å². The zero-order valence-electron chi connectivity index (χ0n) is 15.8. The van der Waals surface area contributed by atoms with Crippen molar-refractivity contribution in [1.82, 2.24) is 24.6 Å². The molecule has 0 aliphatic carbocycles. The first-order valence-electron chi connectivity index (χ1n) is 9.64. The number of benzene rings is 1. The van der Waals surface area contributed by atoms with Crippen molar-refractivity contribution in [1.29, 1.82) is 0 Å². The van der Waals surface area contributed by atoms with Crippen LogP contribution in [-0.2, 0) is 4.79 Å². The Kier molecular flexibility index (Phi) is 5.47. The third-order valence-electron chi connectivity index (χ3n) is 4.89. The molecule has 146 valence electrons.